The number of primary amides is 1. The van der Waals surface area contributed by atoms with Gasteiger partial charge in [0.15, 0.2) is 5.84 Å². The third-order valence-electron chi connectivity index (χ3n) is 1.80. The minimum absolute atomic E-state index is 0.0994. The number of azo groups is 1. The molecule has 13 heavy (non-hydrogen) atoms. The van der Waals surface area contributed by atoms with E-state index in [4.69, 9.17) is 5.73 Å². The van der Waals surface area contributed by atoms with Gasteiger partial charge in [0, 0.05) is 12.0 Å². The first-order chi connectivity index (χ1) is 6.18. The van der Waals surface area contributed by atoms with Gasteiger partial charge in [-0.05, 0) is 0 Å². The normalized spacial score (nSPS) is 19.7. The van der Waals surface area contributed by atoms with Crippen molar-refractivity contribution in [3.05, 3.63) is 23.2 Å². The van der Waals surface area contributed by atoms with E-state index in [1.54, 1.807) is 0 Å². The van der Waals surface area contributed by atoms with Gasteiger partial charge < -0.3 is 10.8 Å². The minimum atomic E-state index is -0.673. The molecule has 0 unspecified atom stereocenters. The zero-order chi connectivity index (χ0) is 9.42. The number of hydrogen-bond acceptors (Lipinski definition) is 5. The van der Waals surface area contributed by atoms with Crippen LogP contribution >= 0.6 is 0 Å². The highest BCUT2D eigenvalue weighted by molar-refractivity contribution is 6.05. The third kappa shape index (κ3) is 1.12. The van der Waals surface area contributed by atoms with Crippen LogP contribution in [0, 0.1) is 0 Å². The quantitative estimate of drug-likeness (QED) is 0.606. The molecule has 0 bridgehead atoms. The zero-order valence-electron chi connectivity index (χ0n) is 6.56. The average Bonchev–Trinajstić information content (AvgIpc) is 2.48. The van der Waals surface area contributed by atoms with Crippen LogP contribution in [0.2, 0.25) is 0 Å². The van der Waals surface area contributed by atoms with Gasteiger partial charge >= 0.3 is 0 Å². The molecule has 2 aliphatic heterocycles. The number of fused-ring (bicyclic) bond motifs is 1. The van der Waals surface area contributed by atoms with E-state index in [-0.39, 0.29) is 17.9 Å². The number of hydrogen-bond donors (Lipinski definition) is 2. The van der Waals surface area contributed by atoms with E-state index in [0.29, 0.717) is 11.4 Å². The van der Waals surface area contributed by atoms with Crippen LogP contribution in [-0.2, 0) is 4.79 Å². The summed E-state index contributed by atoms with van der Waals surface area (Å²) in [6.45, 7) is 0. The van der Waals surface area contributed by atoms with E-state index in [1.165, 1.54) is 6.20 Å². The molecule has 6 nitrogen and oxygen atoms in total. The molecule has 2 rings (SSSR count). The highest BCUT2D eigenvalue weighted by atomic mass is 16.3. The van der Waals surface area contributed by atoms with E-state index in [2.05, 4.69) is 15.2 Å². The molecule has 0 spiro atoms. The molecule has 2 heterocycles. The molecule has 0 aromatic carbocycles. The van der Waals surface area contributed by atoms with Crippen LogP contribution in [0.3, 0.4) is 0 Å². The fraction of sp³-hybridized carbons (Fsp3) is 0.143. The van der Waals surface area contributed by atoms with Gasteiger partial charge in [0.1, 0.15) is 0 Å². The van der Waals surface area contributed by atoms with Gasteiger partial charge in [-0.15, -0.1) is 5.11 Å². The van der Waals surface area contributed by atoms with Crippen LogP contribution in [0.4, 0.5) is 0 Å². The molecule has 0 aromatic heterocycles. The first kappa shape index (κ1) is 7.66. The number of carbonyl (C=O) groups is 1. The van der Waals surface area contributed by atoms with Gasteiger partial charge in [0.25, 0.3) is 0 Å². The minimum Gasteiger partial charge on any atom is -0.493 e. The molecule has 6 heteroatoms. The Labute approximate surface area is 73.2 Å². The Morgan fingerprint density at radius 1 is 1.62 bits per heavy atom. The zero-order valence-corrected chi connectivity index (χ0v) is 6.56. The molecular weight excluding hydrogens is 172 g/mol. The predicted octanol–water partition coefficient (Wildman–Crippen LogP) is 0.393. The van der Waals surface area contributed by atoms with Gasteiger partial charge in [-0.3, -0.25) is 4.79 Å². The van der Waals surface area contributed by atoms with Crippen LogP contribution in [0.25, 0.3) is 0 Å². The maximum atomic E-state index is 10.8. The Morgan fingerprint density at radius 2 is 2.38 bits per heavy atom. The van der Waals surface area contributed by atoms with Gasteiger partial charge in [-0.2, -0.15) is 10.1 Å². The number of nitrogens with zero attached hydrogens (tertiary/aromatic N) is 3. The van der Waals surface area contributed by atoms with Gasteiger partial charge in [0.05, 0.1) is 11.8 Å². The van der Waals surface area contributed by atoms with Crippen molar-refractivity contribution in [1.82, 2.24) is 0 Å². The highest BCUT2D eigenvalue weighted by Gasteiger charge is 2.24. The van der Waals surface area contributed by atoms with E-state index in [0.717, 1.165) is 0 Å². The van der Waals surface area contributed by atoms with Crippen molar-refractivity contribution in [3.63, 3.8) is 0 Å². The summed E-state index contributed by atoms with van der Waals surface area (Å²) in [6.07, 6.45) is 1.74. The van der Waals surface area contributed by atoms with E-state index in [1.807, 2.05) is 0 Å². The molecule has 0 saturated carbocycles. The number of carbonyl (C=O) groups excluding carboxylic acids is 1. The number of nitrogens with two attached hydrogens (primary N) is 1. The van der Waals surface area contributed by atoms with E-state index >= 15 is 0 Å². The molecule has 0 aromatic rings. The molecule has 0 saturated heterocycles. The Morgan fingerprint density at radius 3 is 3.08 bits per heavy atom. The lowest BCUT2D eigenvalue weighted by Gasteiger charge is -2.10. The maximum absolute atomic E-state index is 10.8. The summed E-state index contributed by atoms with van der Waals surface area (Å²) in [5, 5.41) is 16.5. The molecule has 66 valence electrons. The van der Waals surface area contributed by atoms with E-state index < -0.39 is 5.91 Å². The van der Waals surface area contributed by atoms with Crippen LogP contribution in [0.15, 0.2) is 38.5 Å². The van der Waals surface area contributed by atoms with Crippen LogP contribution < -0.4 is 5.73 Å². The van der Waals surface area contributed by atoms with Crippen molar-refractivity contribution < 1.29 is 9.90 Å². The summed E-state index contributed by atoms with van der Waals surface area (Å²) >= 11 is 0. The third-order valence-corrected chi connectivity index (χ3v) is 1.80. The lowest BCUT2D eigenvalue weighted by Crippen LogP contribution is -2.20. The van der Waals surface area contributed by atoms with Crippen molar-refractivity contribution >= 4 is 11.7 Å². The topological polar surface area (TPSA) is 100 Å². The lowest BCUT2D eigenvalue weighted by molar-refractivity contribution is -0.114. The van der Waals surface area contributed by atoms with Crippen molar-refractivity contribution in [1.29, 1.82) is 0 Å². The summed E-state index contributed by atoms with van der Waals surface area (Å²) in [7, 11) is 0. The summed E-state index contributed by atoms with van der Waals surface area (Å²) in [4.78, 5) is 14.5. The summed E-state index contributed by atoms with van der Waals surface area (Å²) in [5.41, 5.74) is 5.83. The second kappa shape index (κ2) is 2.51. The van der Waals surface area contributed by atoms with Gasteiger partial charge in [-0.1, -0.05) is 0 Å². The Balaban J connectivity index is 2.44. The smallest absolute Gasteiger partial charge is 0.250 e. The van der Waals surface area contributed by atoms with Crippen molar-refractivity contribution in [3.8, 4) is 0 Å². The lowest BCUT2D eigenvalue weighted by atomic mass is 10.0. The van der Waals surface area contributed by atoms with Gasteiger partial charge in [0.2, 0.25) is 11.8 Å². The van der Waals surface area contributed by atoms with Gasteiger partial charge in [-0.25, -0.2) is 0 Å². The molecule has 0 aliphatic carbocycles. The number of aliphatic hydroxyl groups excluding tert-OH is 1. The first-order valence-corrected chi connectivity index (χ1v) is 3.59. The average molecular weight is 178 g/mol. The maximum Gasteiger partial charge on any atom is 0.250 e. The van der Waals surface area contributed by atoms with Crippen LogP contribution in [-0.4, -0.2) is 16.8 Å². The number of amides is 1. The molecule has 2 aliphatic rings. The number of amidine groups is 1. The Bertz CT molecular complexity index is 403. The molecular formula is C7H6N4O2. The molecule has 0 atom stereocenters. The van der Waals surface area contributed by atoms with Crippen molar-refractivity contribution in [2.75, 3.05) is 0 Å². The second-order valence-electron chi connectivity index (χ2n) is 2.65. The monoisotopic (exact) mass is 178 g/mol. The van der Waals surface area contributed by atoms with Crippen molar-refractivity contribution in [2.24, 2.45) is 21.0 Å². The van der Waals surface area contributed by atoms with Crippen molar-refractivity contribution in [2.45, 2.75) is 6.42 Å². The standard InChI is InChI=1S/C7H6N4O2/c8-5(12)4-1-3-2-9-11-6(3)10-7(4)13/h2,13H,1H2,(H2,8,12). The Hall–Kier alpha value is -1.98. The largest absolute Gasteiger partial charge is 0.493 e. The SMILES string of the molecule is NC(=O)C1=C(O)N=C2N=NC=C2C1. The summed E-state index contributed by atoms with van der Waals surface area (Å²) in [6, 6.07) is 0. The molecule has 3 N–H and O–H groups in total. The van der Waals surface area contributed by atoms with Crippen LogP contribution in [0.5, 0.6) is 0 Å². The summed E-state index contributed by atoms with van der Waals surface area (Å²) in [5.74, 6) is -0.684. The number of rotatable bonds is 1. The fourth-order valence-corrected chi connectivity index (χ4v) is 1.13. The number of aliphatic hydroxyl groups is 1. The summed E-state index contributed by atoms with van der Waals surface area (Å²) < 4.78 is 0. The Kier molecular flexibility index (Phi) is 1.48. The van der Waals surface area contributed by atoms with E-state index in [9.17, 15) is 9.90 Å². The fourth-order valence-electron chi connectivity index (χ4n) is 1.13. The number of aliphatic imine (C=N–C) groups is 1. The molecule has 1 amide bonds. The molecule has 0 radical (unpaired) electrons. The first-order valence-electron chi connectivity index (χ1n) is 3.59. The highest BCUT2D eigenvalue weighted by Crippen LogP contribution is 2.25. The van der Waals surface area contributed by atoms with Crippen LogP contribution in [0.1, 0.15) is 6.42 Å². The predicted molar refractivity (Wildman–Crippen MR) is 43.8 cm³/mol. The second-order valence-corrected chi connectivity index (χ2v) is 2.65. The molecule has 0 fully saturated rings.